The molecule has 0 bridgehead atoms. The number of anilines is 1. The number of methoxy groups -OCH3 is 1. The van der Waals surface area contributed by atoms with Gasteiger partial charge >= 0.3 is 5.97 Å². The fourth-order valence-corrected chi connectivity index (χ4v) is 4.37. The Hall–Kier alpha value is -4.30. The van der Waals surface area contributed by atoms with Crippen LogP contribution in [-0.2, 0) is 33.4 Å². The number of nitrogens with one attached hydrogen (secondary N) is 1. The van der Waals surface area contributed by atoms with Crippen molar-refractivity contribution >= 4 is 28.4 Å². The normalized spacial score (nSPS) is 11.4. The van der Waals surface area contributed by atoms with Gasteiger partial charge in [-0.2, -0.15) is 0 Å². The van der Waals surface area contributed by atoms with Crippen molar-refractivity contribution < 1.29 is 23.3 Å². The first kappa shape index (κ1) is 24.8. The van der Waals surface area contributed by atoms with Crippen molar-refractivity contribution in [2.75, 3.05) is 12.4 Å². The predicted molar refractivity (Wildman–Crippen MR) is 136 cm³/mol. The number of rotatable bonds is 9. The van der Waals surface area contributed by atoms with Gasteiger partial charge in [-0.25, -0.2) is 14.0 Å². The Morgan fingerprint density at radius 2 is 1.58 bits per heavy atom. The molecule has 0 aliphatic rings. The first-order chi connectivity index (χ1) is 17.5. The maximum absolute atomic E-state index is 12.9. The second-order valence-corrected chi connectivity index (χ2v) is 9.21. The minimum Gasteiger partial charge on any atom is -0.489 e. The van der Waals surface area contributed by atoms with Crippen LogP contribution in [0.3, 0.4) is 0 Å². The van der Waals surface area contributed by atoms with Gasteiger partial charge in [-0.15, -0.1) is 0 Å². The highest BCUT2D eigenvalue weighted by Crippen LogP contribution is 2.20. The third-order valence-corrected chi connectivity index (χ3v) is 6.57. The van der Waals surface area contributed by atoms with E-state index in [4.69, 9.17) is 9.47 Å². The lowest BCUT2D eigenvalue weighted by Gasteiger charge is -2.10. The standard InChI is InChI=1S/C28H24N2O5S/c1-34-28(32)24-9-5-6-10-25(24)30-26(31)17-21-11-16-27(29-18-21)36(33)23-14-12-22(13-15-23)35-19-20-7-3-2-4-8-20/h2-16,18H,17,19H2,1H3,(H,30,31). The molecule has 1 unspecified atom stereocenters. The number of para-hydroxylation sites is 1. The maximum Gasteiger partial charge on any atom is 0.339 e. The Morgan fingerprint density at radius 1 is 0.861 bits per heavy atom. The van der Waals surface area contributed by atoms with Crippen LogP contribution in [0.25, 0.3) is 0 Å². The zero-order valence-corrected chi connectivity index (χ0v) is 20.4. The Bertz CT molecular complexity index is 1360. The molecule has 0 aliphatic heterocycles. The number of carbonyl (C=O) groups is 2. The first-order valence-corrected chi connectivity index (χ1v) is 12.3. The number of benzene rings is 3. The van der Waals surface area contributed by atoms with E-state index in [1.807, 2.05) is 30.3 Å². The van der Waals surface area contributed by atoms with Crippen molar-refractivity contribution in [3.05, 3.63) is 114 Å². The minimum atomic E-state index is -1.48. The van der Waals surface area contributed by atoms with Gasteiger partial charge in [-0.3, -0.25) is 4.79 Å². The summed E-state index contributed by atoms with van der Waals surface area (Å²) < 4.78 is 23.5. The monoisotopic (exact) mass is 500 g/mol. The molecule has 8 heteroatoms. The fourth-order valence-electron chi connectivity index (χ4n) is 3.41. The number of hydrogen-bond donors (Lipinski definition) is 1. The number of aromatic nitrogens is 1. The molecule has 1 N–H and O–H groups in total. The predicted octanol–water partition coefficient (Wildman–Crippen LogP) is 4.80. The fraction of sp³-hybridized carbons (Fsp3) is 0.107. The van der Waals surface area contributed by atoms with Crippen molar-refractivity contribution in [2.45, 2.75) is 22.9 Å². The third kappa shape index (κ3) is 6.43. The molecule has 0 spiro atoms. The topological polar surface area (TPSA) is 94.6 Å². The SMILES string of the molecule is COC(=O)c1ccccc1NC(=O)Cc1ccc(S(=O)c2ccc(OCc3ccccc3)cc2)nc1. The minimum absolute atomic E-state index is 0.0445. The van der Waals surface area contributed by atoms with Crippen molar-refractivity contribution in [2.24, 2.45) is 0 Å². The molecule has 182 valence electrons. The second-order valence-electron chi connectivity index (χ2n) is 7.78. The van der Waals surface area contributed by atoms with Gasteiger partial charge in [0.1, 0.15) is 28.2 Å². The van der Waals surface area contributed by atoms with Gasteiger partial charge in [-0.1, -0.05) is 48.5 Å². The number of pyridine rings is 1. The van der Waals surface area contributed by atoms with Crippen LogP contribution in [0, 0.1) is 0 Å². The van der Waals surface area contributed by atoms with E-state index < -0.39 is 16.8 Å². The van der Waals surface area contributed by atoms with Crippen molar-refractivity contribution in [1.29, 1.82) is 0 Å². The van der Waals surface area contributed by atoms with E-state index >= 15 is 0 Å². The van der Waals surface area contributed by atoms with E-state index in [1.165, 1.54) is 13.3 Å². The van der Waals surface area contributed by atoms with Crippen LogP contribution in [0.4, 0.5) is 5.69 Å². The summed E-state index contributed by atoms with van der Waals surface area (Å²) in [5, 5.41) is 3.11. The molecule has 3 aromatic carbocycles. The van der Waals surface area contributed by atoms with Crippen LogP contribution in [0.5, 0.6) is 5.75 Å². The van der Waals surface area contributed by atoms with E-state index in [0.29, 0.717) is 33.5 Å². The van der Waals surface area contributed by atoms with E-state index in [0.717, 1.165) is 5.56 Å². The molecule has 0 saturated heterocycles. The molecule has 1 amide bonds. The maximum atomic E-state index is 12.9. The largest absolute Gasteiger partial charge is 0.489 e. The van der Waals surface area contributed by atoms with Crippen LogP contribution < -0.4 is 10.1 Å². The highest BCUT2D eigenvalue weighted by atomic mass is 32.2. The van der Waals surface area contributed by atoms with E-state index in [1.54, 1.807) is 60.7 Å². The molecule has 4 aromatic rings. The van der Waals surface area contributed by atoms with Gasteiger partial charge in [0.2, 0.25) is 5.91 Å². The summed E-state index contributed by atoms with van der Waals surface area (Å²) in [5.41, 5.74) is 2.36. The van der Waals surface area contributed by atoms with Crippen molar-refractivity contribution in [3.63, 3.8) is 0 Å². The summed E-state index contributed by atoms with van der Waals surface area (Å²) in [6, 6.07) is 26.9. The Balaban J connectivity index is 1.34. The molecule has 1 heterocycles. The van der Waals surface area contributed by atoms with Crippen LogP contribution in [0.15, 0.2) is 107 Å². The second kappa shape index (κ2) is 11.9. The number of hydrogen-bond acceptors (Lipinski definition) is 6. The van der Waals surface area contributed by atoms with Gasteiger partial charge in [0.15, 0.2) is 0 Å². The highest BCUT2D eigenvalue weighted by Gasteiger charge is 2.14. The lowest BCUT2D eigenvalue weighted by atomic mass is 10.1. The van der Waals surface area contributed by atoms with Gasteiger partial charge < -0.3 is 14.8 Å². The average Bonchev–Trinajstić information content (AvgIpc) is 2.92. The summed E-state index contributed by atoms with van der Waals surface area (Å²) >= 11 is 0. The lowest BCUT2D eigenvalue weighted by molar-refractivity contribution is -0.115. The van der Waals surface area contributed by atoms with Crippen molar-refractivity contribution in [3.8, 4) is 5.75 Å². The van der Waals surface area contributed by atoms with Crippen molar-refractivity contribution in [1.82, 2.24) is 4.98 Å². The summed E-state index contributed by atoms with van der Waals surface area (Å²) in [4.78, 5) is 29.3. The Labute approximate surface area is 211 Å². The molecular weight excluding hydrogens is 476 g/mol. The van der Waals surface area contributed by atoms with Crippen LogP contribution in [-0.4, -0.2) is 28.2 Å². The molecule has 0 fully saturated rings. The summed E-state index contributed by atoms with van der Waals surface area (Å²) in [7, 11) is -0.192. The highest BCUT2D eigenvalue weighted by molar-refractivity contribution is 7.85. The number of ether oxygens (including phenoxy) is 2. The molecule has 0 radical (unpaired) electrons. The summed E-state index contributed by atoms with van der Waals surface area (Å²) in [6.07, 6.45) is 1.57. The molecular formula is C28H24N2O5S. The molecule has 0 saturated carbocycles. The van der Waals surface area contributed by atoms with Gasteiger partial charge in [0.05, 0.1) is 24.8 Å². The Kier molecular flexibility index (Phi) is 8.20. The number of nitrogens with zero attached hydrogens (tertiary/aromatic N) is 1. The van der Waals surface area contributed by atoms with Crippen LogP contribution in [0.1, 0.15) is 21.5 Å². The van der Waals surface area contributed by atoms with E-state index in [9.17, 15) is 13.8 Å². The Morgan fingerprint density at radius 3 is 2.28 bits per heavy atom. The van der Waals surface area contributed by atoms with Gasteiger partial charge in [0.25, 0.3) is 0 Å². The summed E-state index contributed by atoms with van der Waals surface area (Å²) in [5.74, 6) is -0.161. The lowest BCUT2D eigenvalue weighted by Crippen LogP contribution is -2.17. The van der Waals surface area contributed by atoms with Crippen LogP contribution >= 0.6 is 0 Å². The molecule has 4 rings (SSSR count). The molecule has 36 heavy (non-hydrogen) atoms. The molecule has 7 nitrogen and oxygen atoms in total. The smallest absolute Gasteiger partial charge is 0.339 e. The van der Waals surface area contributed by atoms with E-state index in [-0.39, 0.29) is 17.9 Å². The zero-order valence-electron chi connectivity index (χ0n) is 19.5. The number of amides is 1. The number of carbonyl (C=O) groups excluding carboxylic acids is 2. The zero-order chi connectivity index (χ0) is 25.3. The summed E-state index contributed by atoms with van der Waals surface area (Å²) in [6.45, 7) is 0.453. The van der Waals surface area contributed by atoms with Gasteiger partial charge in [0, 0.05) is 11.1 Å². The molecule has 0 aliphatic carbocycles. The third-order valence-electron chi connectivity index (χ3n) is 5.24. The van der Waals surface area contributed by atoms with Crippen LogP contribution in [0.2, 0.25) is 0 Å². The first-order valence-electron chi connectivity index (χ1n) is 11.1. The van der Waals surface area contributed by atoms with Gasteiger partial charge in [-0.05, 0) is 53.6 Å². The quantitative estimate of drug-likeness (QED) is 0.332. The molecule has 1 aromatic heterocycles. The van der Waals surface area contributed by atoms with E-state index in [2.05, 4.69) is 10.3 Å². The molecule has 1 atom stereocenters. The average molecular weight is 501 g/mol. The number of esters is 1.